The van der Waals surface area contributed by atoms with Gasteiger partial charge in [-0.2, -0.15) is 0 Å². The van der Waals surface area contributed by atoms with Crippen LogP contribution < -0.4 is 9.47 Å². The van der Waals surface area contributed by atoms with E-state index in [-0.39, 0.29) is 5.41 Å². The molecule has 0 unspecified atom stereocenters. The molecular weight excluding hydrogens is 434 g/mol. The van der Waals surface area contributed by atoms with E-state index in [1.165, 1.54) is 36.8 Å². The van der Waals surface area contributed by atoms with Gasteiger partial charge in [-0.05, 0) is 89.8 Å². The van der Waals surface area contributed by atoms with Gasteiger partial charge in [-0.15, -0.1) is 5.10 Å². The molecule has 5 heteroatoms. The van der Waals surface area contributed by atoms with Gasteiger partial charge in [0.25, 0.3) is 0 Å². The van der Waals surface area contributed by atoms with Crippen molar-refractivity contribution in [3.8, 4) is 17.2 Å². The third-order valence-corrected chi connectivity index (χ3v) is 8.68. The fraction of sp³-hybridized carbons (Fsp3) is 0.533. The highest BCUT2D eigenvalue weighted by Gasteiger charge is 2.50. The van der Waals surface area contributed by atoms with E-state index in [0.717, 1.165) is 35.2 Å². The molecule has 1 saturated carbocycles. The number of hydrogen-bond acceptors (Lipinski definition) is 4. The molecule has 2 aliphatic carbocycles. The van der Waals surface area contributed by atoms with E-state index in [9.17, 15) is 0 Å². The summed E-state index contributed by atoms with van der Waals surface area (Å²) in [5.74, 6) is 2.97. The minimum absolute atomic E-state index is 0.262. The molecule has 2 atom stereocenters. The van der Waals surface area contributed by atoms with Gasteiger partial charge >= 0.3 is 0 Å². The molecule has 0 saturated heterocycles. The van der Waals surface area contributed by atoms with E-state index < -0.39 is 0 Å². The van der Waals surface area contributed by atoms with Crippen molar-refractivity contribution >= 4 is 0 Å². The predicted molar refractivity (Wildman–Crippen MR) is 140 cm³/mol. The van der Waals surface area contributed by atoms with Gasteiger partial charge in [-0.3, -0.25) is 0 Å². The minimum atomic E-state index is 0.262. The van der Waals surface area contributed by atoms with Crippen molar-refractivity contribution in [1.82, 2.24) is 15.0 Å². The Morgan fingerprint density at radius 2 is 1.83 bits per heavy atom. The molecule has 0 amide bonds. The van der Waals surface area contributed by atoms with Crippen molar-refractivity contribution in [3.05, 3.63) is 65.0 Å². The van der Waals surface area contributed by atoms with Gasteiger partial charge in [-0.1, -0.05) is 52.3 Å². The number of nitrogens with zero attached hydrogens (tertiary/aromatic N) is 3. The lowest BCUT2D eigenvalue weighted by molar-refractivity contribution is 0.0404. The molecule has 186 valence electrons. The predicted octanol–water partition coefficient (Wildman–Crippen LogP) is 7.01. The number of hydrogen-bond donors (Lipinski definition) is 0. The van der Waals surface area contributed by atoms with E-state index in [1.807, 2.05) is 30.5 Å². The first kappa shape index (κ1) is 23.9. The first-order chi connectivity index (χ1) is 16.7. The zero-order chi connectivity index (χ0) is 24.8. The second kappa shape index (κ2) is 9.00. The summed E-state index contributed by atoms with van der Waals surface area (Å²) in [7, 11) is 1.67. The van der Waals surface area contributed by atoms with E-state index in [1.54, 1.807) is 17.4 Å². The molecule has 5 nitrogen and oxygen atoms in total. The van der Waals surface area contributed by atoms with Crippen LogP contribution in [0.5, 0.6) is 11.5 Å². The fourth-order valence-corrected chi connectivity index (χ4v) is 7.03. The van der Waals surface area contributed by atoms with Crippen LogP contribution in [0, 0.1) is 11.3 Å². The largest absolute Gasteiger partial charge is 0.497 e. The molecule has 35 heavy (non-hydrogen) atoms. The van der Waals surface area contributed by atoms with Crippen LogP contribution in [0.3, 0.4) is 0 Å². The van der Waals surface area contributed by atoms with Gasteiger partial charge < -0.3 is 9.47 Å². The highest BCUT2D eigenvalue weighted by atomic mass is 16.5. The average molecular weight is 474 g/mol. The van der Waals surface area contributed by atoms with E-state index in [2.05, 4.69) is 57.1 Å². The number of methoxy groups -OCH3 is 1. The van der Waals surface area contributed by atoms with E-state index in [4.69, 9.17) is 9.47 Å². The number of fused-ring (bicyclic) bond motifs is 3. The van der Waals surface area contributed by atoms with Crippen molar-refractivity contribution < 1.29 is 9.47 Å². The van der Waals surface area contributed by atoms with Crippen LogP contribution in [0.2, 0.25) is 0 Å². The molecular formula is C30H39N3O2. The summed E-state index contributed by atoms with van der Waals surface area (Å²) in [6.07, 6.45) is 8.31. The van der Waals surface area contributed by atoms with E-state index >= 15 is 0 Å². The normalized spacial score (nSPS) is 23.0. The quantitative estimate of drug-likeness (QED) is 0.386. The highest BCUT2D eigenvalue weighted by molar-refractivity contribution is 5.51. The summed E-state index contributed by atoms with van der Waals surface area (Å²) in [5, 5.41) is 8.65. The van der Waals surface area contributed by atoms with Gasteiger partial charge in [0.05, 0.1) is 19.0 Å². The Hall–Kier alpha value is -2.82. The van der Waals surface area contributed by atoms with Gasteiger partial charge in [-0.25, -0.2) is 4.68 Å². The maximum absolute atomic E-state index is 6.41. The third kappa shape index (κ3) is 4.23. The Morgan fingerprint density at radius 3 is 2.54 bits per heavy atom. The Labute approximate surface area is 209 Å². The zero-order valence-corrected chi connectivity index (χ0v) is 22.1. The summed E-state index contributed by atoms with van der Waals surface area (Å²) >= 11 is 0. The molecule has 1 heterocycles. The van der Waals surface area contributed by atoms with E-state index in [0.29, 0.717) is 17.9 Å². The van der Waals surface area contributed by atoms with Crippen LogP contribution in [0.25, 0.3) is 5.69 Å². The van der Waals surface area contributed by atoms with Crippen LogP contribution in [0.1, 0.15) is 88.6 Å². The molecule has 2 aromatic carbocycles. The maximum Gasteiger partial charge on any atom is 0.134 e. The van der Waals surface area contributed by atoms with Crippen molar-refractivity contribution in [2.45, 2.75) is 84.7 Å². The van der Waals surface area contributed by atoms with Crippen molar-refractivity contribution in [2.24, 2.45) is 11.3 Å². The molecule has 0 aliphatic heterocycles. The Kier molecular flexibility index (Phi) is 6.14. The number of rotatable bonds is 6. The van der Waals surface area contributed by atoms with Crippen LogP contribution in [0.15, 0.2) is 42.6 Å². The minimum Gasteiger partial charge on any atom is -0.497 e. The van der Waals surface area contributed by atoms with Gasteiger partial charge in [0, 0.05) is 5.56 Å². The molecule has 0 radical (unpaired) electrons. The zero-order valence-electron chi connectivity index (χ0n) is 22.1. The third-order valence-electron chi connectivity index (χ3n) is 8.68. The lowest BCUT2D eigenvalue weighted by Gasteiger charge is -2.54. The monoisotopic (exact) mass is 473 g/mol. The van der Waals surface area contributed by atoms with Crippen molar-refractivity contribution in [2.75, 3.05) is 7.11 Å². The lowest BCUT2D eigenvalue weighted by Crippen LogP contribution is -2.48. The molecule has 0 bridgehead atoms. The van der Waals surface area contributed by atoms with Gasteiger partial charge in [0.15, 0.2) is 0 Å². The molecule has 2 aliphatic rings. The first-order valence-corrected chi connectivity index (χ1v) is 13.1. The van der Waals surface area contributed by atoms with Crippen LogP contribution in [-0.2, 0) is 18.4 Å². The Morgan fingerprint density at radius 1 is 1.06 bits per heavy atom. The molecule has 0 spiro atoms. The second-order valence-corrected chi connectivity index (χ2v) is 11.7. The van der Waals surface area contributed by atoms with Crippen molar-refractivity contribution in [1.29, 1.82) is 0 Å². The first-order valence-electron chi connectivity index (χ1n) is 13.1. The van der Waals surface area contributed by atoms with Crippen LogP contribution in [-0.4, -0.2) is 22.1 Å². The summed E-state index contributed by atoms with van der Waals surface area (Å²) in [6, 6.07) is 12.4. The summed E-state index contributed by atoms with van der Waals surface area (Å²) in [4.78, 5) is 0. The van der Waals surface area contributed by atoms with Crippen LogP contribution in [0.4, 0.5) is 0 Å². The molecule has 0 N–H and O–H groups in total. The summed E-state index contributed by atoms with van der Waals surface area (Å²) in [6.45, 7) is 12.5. The smallest absolute Gasteiger partial charge is 0.134 e. The number of benzene rings is 2. The summed E-state index contributed by atoms with van der Waals surface area (Å²) in [5.41, 5.74) is 6.92. The Bertz CT molecular complexity index is 1190. The number of ether oxygens (including phenoxy) is 2. The summed E-state index contributed by atoms with van der Waals surface area (Å²) < 4.78 is 13.4. The highest BCUT2D eigenvalue weighted by Crippen LogP contribution is 2.58. The molecule has 1 fully saturated rings. The fourth-order valence-electron chi connectivity index (χ4n) is 7.03. The molecule has 1 aromatic heterocycles. The molecule has 3 aromatic rings. The van der Waals surface area contributed by atoms with Gasteiger partial charge in [0.1, 0.15) is 23.8 Å². The van der Waals surface area contributed by atoms with Crippen LogP contribution >= 0.6 is 0 Å². The van der Waals surface area contributed by atoms with Crippen molar-refractivity contribution in [3.63, 3.8) is 0 Å². The standard InChI is InChI=1S/C30H39N3O2/c1-20(2)28-24-12-15-27-29(3,4)16-7-17-30(27,5)25(24)13-14-26(28)35-19-21-18-33(32-31-21)22-8-10-23(34-6)11-9-22/h8-11,13-14,18,20,27H,7,12,15-17,19H2,1-6H3/t27-,30+/m0/s1. The topological polar surface area (TPSA) is 49.2 Å². The second-order valence-electron chi connectivity index (χ2n) is 11.7. The Balaban J connectivity index is 1.40. The number of aromatic nitrogens is 3. The van der Waals surface area contributed by atoms with Gasteiger partial charge in [0.2, 0.25) is 0 Å². The SMILES string of the molecule is COc1ccc(-n2cc(COc3ccc4c(c3C(C)C)CC[C@H]3C(C)(C)CCC[C@]43C)nn2)cc1. The maximum atomic E-state index is 6.41. The average Bonchev–Trinajstić information content (AvgIpc) is 3.30. The molecule has 5 rings (SSSR count). The lowest BCUT2D eigenvalue weighted by atomic mass is 9.50.